The average molecular weight is 326 g/mol. The van der Waals surface area contributed by atoms with Crippen LogP contribution in [0.4, 0.5) is 5.69 Å². The monoisotopic (exact) mass is 326 g/mol. The van der Waals surface area contributed by atoms with Crippen molar-refractivity contribution in [2.45, 2.75) is 25.4 Å². The number of methoxy groups -OCH3 is 1. The molecular weight excluding hydrogens is 304 g/mol. The molecule has 5 nitrogen and oxygen atoms in total. The number of amides is 1. The van der Waals surface area contributed by atoms with Crippen LogP contribution in [0.25, 0.3) is 0 Å². The fourth-order valence-electron chi connectivity index (χ4n) is 2.33. The lowest BCUT2D eigenvalue weighted by Crippen LogP contribution is -2.48. The second-order valence-electron chi connectivity index (χ2n) is 5.51. The normalized spacial score (nSPS) is 12.8. The van der Waals surface area contributed by atoms with Crippen molar-refractivity contribution in [2.75, 3.05) is 12.4 Å². The molecule has 0 bridgehead atoms. The van der Waals surface area contributed by atoms with Gasteiger partial charge >= 0.3 is 5.97 Å². The highest BCUT2D eigenvalue weighted by atomic mass is 16.5. The van der Waals surface area contributed by atoms with E-state index in [4.69, 9.17) is 4.74 Å². The first-order valence-electron chi connectivity index (χ1n) is 7.84. The molecule has 126 valence electrons. The first-order valence-corrected chi connectivity index (χ1v) is 7.84. The van der Waals surface area contributed by atoms with Gasteiger partial charge in [-0.3, -0.25) is 4.79 Å². The summed E-state index contributed by atoms with van der Waals surface area (Å²) in [5, 5.41) is 5.86. The van der Waals surface area contributed by atoms with Gasteiger partial charge in [0.2, 0.25) is 5.91 Å². The van der Waals surface area contributed by atoms with Gasteiger partial charge in [0.25, 0.3) is 0 Å². The van der Waals surface area contributed by atoms with E-state index < -0.39 is 18.1 Å². The average Bonchev–Trinajstić information content (AvgIpc) is 2.62. The Kier molecular flexibility index (Phi) is 6.37. The van der Waals surface area contributed by atoms with Gasteiger partial charge in [0.05, 0.1) is 7.11 Å². The Bertz CT molecular complexity index is 659. The summed E-state index contributed by atoms with van der Waals surface area (Å²) in [6, 6.07) is 17.8. The van der Waals surface area contributed by atoms with Crippen molar-refractivity contribution in [1.29, 1.82) is 0 Å². The number of ether oxygens (including phenoxy) is 1. The van der Waals surface area contributed by atoms with Crippen molar-refractivity contribution < 1.29 is 14.3 Å². The van der Waals surface area contributed by atoms with Gasteiger partial charge in [0.1, 0.15) is 12.1 Å². The second kappa shape index (κ2) is 8.72. The number of hydrogen-bond donors (Lipinski definition) is 2. The third-order valence-corrected chi connectivity index (χ3v) is 3.64. The fourth-order valence-corrected chi connectivity index (χ4v) is 2.33. The van der Waals surface area contributed by atoms with E-state index >= 15 is 0 Å². The number of esters is 1. The number of nitrogens with one attached hydrogen (secondary N) is 2. The van der Waals surface area contributed by atoms with Crippen LogP contribution in [0.15, 0.2) is 60.7 Å². The third kappa shape index (κ3) is 5.12. The summed E-state index contributed by atoms with van der Waals surface area (Å²) in [5.74, 6) is -0.718. The lowest BCUT2D eigenvalue weighted by atomic mass is 10.1. The Hall–Kier alpha value is -2.82. The van der Waals surface area contributed by atoms with Crippen molar-refractivity contribution in [1.82, 2.24) is 5.32 Å². The van der Waals surface area contributed by atoms with Gasteiger partial charge in [0, 0.05) is 12.1 Å². The molecule has 2 atom stereocenters. The number of carbonyl (C=O) groups excluding carboxylic acids is 2. The third-order valence-electron chi connectivity index (χ3n) is 3.64. The van der Waals surface area contributed by atoms with Crippen LogP contribution in [-0.4, -0.2) is 31.1 Å². The van der Waals surface area contributed by atoms with Gasteiger partial charge in [-0.05, 0) is 24.6 Å². The molecule has 2 N–H and O–H groups in total. The standard InChI is InChI=1S/C19H22N2O3/c1-14(20-16-11-7-4-8-12-16)18(22)21-17(19(23)24-2)13-15-9-5-3-6-10-15/h3-12,14,17,20H,13H2,1-2H3,(H,21,22)/t14?,17-/m0/s1. The lowest BCUT2D eigenvalue weighted by molar-refractivity contribution is -0.145. The zero-order valence-corrected chi connectivity index (χ0v) is 13.9. The number of carbonyl (C=O) groups is 2. The summed E-state index contributed by atoms with van der Waals surface area (Å²) in [6.07, 6.45) is 0.386. The molecule has 0 aliphatic carbocycles. The van der Waals surface area contributed by atoms with Gasteiger partial charge in [-0.1, -0.05) is 48.5 Å². The predicted molar refractivity (Wildman–Crippen MR) is 93.6 cm³/mol. The molecule has 5 heteroatoms. The Balaban J connectivity index is 2.00. The maximum Gasteiger partial charge on any atom is 0.328 e. The van der Waals surface area contributed by atoms with Gasteiger partial charge < -0.3 is 15.4 Å². The molecule has 0 saturated heterocycles. The molecule has 2 aromatic carbocycles. The maximum absolute atomic E-state index is 12.4. The van der Waals surface area contributed by atoms with Crippen LogP contribution < -0.4 is 10.6 Å². The molecule has 1 amide bonds. The first kappa shape index (κ1) is 17.5. The summed E-state index contributed by atoms with van der Waals surface area (Å²) in [5.41, 5.74) is 1.80. The quantitative estimate of drug-likeness (QED) is 0.767. The smallest absolute Gasteiger partial charge is 0.328 e. The molecule has 0 heterocycles. The molecule has 0 aromatic heterocycles. The Morgan fingerprint density at radius 2 is 1.58 bits per heavy atom. The van der Waals surface area contributed by atoms with Crippen molar-refractivity contribution >= 4 is 17.6 Å². The Morgan fingerprint density at radius 3 is 2.17 bits per heavy atom. The van der Waals surface area contributed by atoms with E-state index in [2.05, 4.69) is 10.6 Å². The van der Waals surface area contributed by atoms with Crippen molar-refractivity contribution in [3.8, 4) is 0 Å². The van der Waals surface area contributed by atoms with Crippen LogP contribution >= 0.6 is 0 Å². The largest absolute Gasteiger partial charge is 0.467 e. The van der Waals surface area contributed by atoms with Crippen LogP contribution in [0.2, 0.25) is 0 Å². The molecule has 0 aliphatic heterocycles. The van der Waals surface area contributed by atoms with E-state index in [1.807, 2.05) is 60.7 Å². The maximum atomic E-state index is 12.4. The van der Waals surface area contributed by atoms with Crippen molar-refractivity contribution in [3.63, 3.8) is 0 Å². The topological polar surface area (TPSA) is 67.4 Å². The van der Waals surface area contributed by atoms with E-state index in [9.17, 15) is 9.59 Å². The van der Waals surface area contributed by atoms with E-state index in [0.717, 1.165) is 11.3 Å². The van der Waals surface area contributed by atoms with Crippen LogP contribution in [0.1, 0.15) is 12.5 Å². The highest BCUT2D eigenvalue weighted by molar-refractivity contribution is 5.89. The summed E-state index contributed by atoms with van der Waals surface area (Å²) in [7, 11) is 1.32. The minimum Gasteiger partial charge on any atom is -0.467 e. The first-order chi connectivity index (χ1) is 11.6. The molecule has 2 aromatic rings. The van der Waals surface area contributed by atoms with Gasteiger partial charge in [0.15, 0.2) is 0 Å². The highest BCUT2D eigenvalue weighted by Crippen LogP contribution is 2.08. The number of para-hydroxylation sites is 1. The molecule has 1 unspecified atom stereocenters. The number of hydrogen-bond acceptors (Lipinski definition) is 4. The molecule has 24 heavy (non-hydrogen) atoms. The molecular formula is C19H22N2O3. The fraction of sp³-hybridized carbons (Fsp3) is 0.263. The SMILES string of the molecule is COC(=O)[C@H](Cc1ccccc1)NC(=O)C(C)Nc1ccccc1. The summed E-state index contributed by atoms with van der Waals surface area (Å²) < 4.78 is 4.81. The van der Waals surface area contributed by atoms with Crippen LogP contribution in [-0.2, 0) is 20.7 Å². The molecule has 0 spiro atoms. The Morgan fingerprint density at radius 1 is 1.00 bits per heavy atom. The van der Waals surface area contributed by atoms with Crippen LogP contribution in [0, 0.1) is 0 Å². The summed E-state index contributed by atoms with van der Waals surface area (Å²) in [4.78, 5) is 24.4. The zero-order chi connectivity index (χ0) is 17.4. The molecule has 0 fully saturated rings. The van der Waals surface area contributed by atoms with E-state index in [1.165, 1.54) is 7.11 Å². The van der Waals surface area contributed by atoms with E-state index in [1.54, 1.807) is 6.92 Å². The number of rotatable bonds is 7. The minimum absolute atomic E-state index is 0.259. The summed E-state index contributed by atoms with van der Waals surface area (Å²) in [6.45, 7) is 1.75. The van der Waals surface area contributed by atoms with Crippen LogP contribution in [0.3, 0.4) is 0 Å². The lowest BCUT2D eigenvalue weighted by Gasteiger charge is -2.20. The number of benzene rings is 2. The van der Waals surface area contributed by atoms with Crippen LogP contribution in [0.5, 0.6) is 0 Å². The highest BCUT2D eigenvalue weighted by Gasteiger charge is 2.24. The molecule has 0 aliphatic rings. The number of anilines is 1. The minimum atomic E-state index is -0.718. The van der Waals surface area contributed by atoms with Gasteiger partial charge in [-0.25, -0.2) is 4.79 Å². The Labute approximate surface area is 142 Å². The van der Waals surface area contributed by atoms with Gasteiger partial charge in [-0.2, -0.15) is 0 Å². The zero-order valence-electron chi connectivity index (χ0n) is 13.9. The summed E-state index contributed by atoms with van der Waals surface area (Å²) >= 11 is 0. The van der Waals surface area contributed by atoms with E-state index in [-0.39, 0.29) is 5.91 Å². The van der Waals surface area contributed by atoms with E-state index in [0.29, 0.717) is 6.42 Å². The molecule has 0 saturated carbocycles. The second-order valence-corrected chi connectivity index (χ2v) is 5.51. The molecule has 0 radical (unpaired) electrons. The van der Waals surface area contributed by atoms with Crippen molar-refractivity contribution in [3.05, 3.63) is 66.2 Å². The van der Waals surface area contributed by atoms with Crippen molar-refractivity contribution in [2.24, 2.45) is 0 Å². The van der Waals surface area contributed by atoms with Gasteiger partial charge in [-0.15, -0.1) is 0 Å². The molecule has 2 rings (SSSR count). The predicted octanol–water partition coefficient (Wildman–Crippen LogP) is 2.39.